The Kier molecular flexibility index (Phi) is 3.60. The van der Waals surface area contributed by atoms with E-state index in [1.54, 1.807) is 18.2 Å². The molecule has 90 valence electrons. The summed E-state index contributed by atoms with van der Waals surface area (Å²) in [6.45, 7) is 0. The summed E-state index contributed by atoms with van der Waals surface area (Å²) in [5.41, 5.74) is 0.220. The summed E-state index contributed by atoms with van der Waals surface area (Å²) in [6.07, 6.45) is 5.11. The monoisotopic (exact) mass is 261 g/mol. The number of nitrogens with zero attached hydrogens (tertiary/aromatic N) is 3. The van der Waals surface area contributed by atoms with E-state index in [4.69, 9.17) is 10.8 Å². The maximum atomic E-state index is 10.9. The van der Waals surface area contributed by atoms with Gasteiger partial charge in [-0.05, 0) is 6.07 Å². The molecule has 7 heteroatoms. The lowest BCUT2D eigenvalue weighted by Gasteiger charge is -1.96. The third kappa shape index (κ3) is 2.49. The number of para-hydroxylation sites is 1. The number of rotatable bonds is 4. The second-order valence-corrected chi connectivity index (χ2v) is 4.07. The van der Waals surface area contributed by atoms with Gasteiger partial charge in [0.05, 0.1) is 10.7 Å². The molecule has 0 aliphatic carbocycles. The van der Waals surface area contributed by atoms with E-state index in [1.165, 1.54) is 17.8 Å². The molecule has 0 atom stereocenters. The van der Waals surface area contributed by atoms with Crippen LogP contribution in [-0.2, 0) is 0 Å². The standard InChI is InChI=1S/C11H7N3O3S/c1-2-7-18-11-13-12-10(17-11)8-5-3-4-6-9(8)14(15)16/h1,3-6H,7H2. The molecule has 18 heavy (non-hydrogen) atoms. The normalized spacial score (nSPS) is 9.94. The average Bonchev–Trinajstić information content (AvgIpc) is 2.85. The molecule has 0 bridgehead atoms. The number of nitro benzene ring substituents is 1. The van der Waals surface area contributed by atoms with E-state index in [1.807, 2.05) is 0 Å². The second kappa shape index (κ2) is 5.33. The quantitative estimate of drug-likeness (QED) is 0.363. The first-order valence-corrected chi connectivity index (χ1v) is 5.84. The predicted octanol–water partition coefficient (Wildman–Crippen LogP) is 2.37. The van der Waals surface area contributed by atoms with E-state index < -0.39 is 4.92 Å². The zero-order chi connectivity index (χ0) is 13.0. The molecule has 6 nitrogen and oxygen atoms in total. The molecule has 0 radical (unpaired) electrons. The predicted molar refractivity (Wildman–Crippen MR) is 65.9 cm³/mol. The van der Waals surface area contributed by atoms with Crippen LogP contribution in [0.5, 0.6) is 0 Å². The molecule has 0 amide bonds. The van der Waals surface area contributed by atoms with Gasteiger partial charge in [0.15, 0.2) is 0 Å². The highest BCUT2D eigenvalue weighted by atomic mass is 32.2. The average molecular weight is 261 g/mol. The molecule has 0 unspecified atom stereocenters. The van der Waals surface area contributed by atoms with Crippen LogP contribution in [0.4, 0.5) is 5.69 Å². The molecule has 0 fully saturated rings. The lowest BCUT2D eigenvalue weighted by Crippen LogP contribution is -1.91. The van der Waals surface area contributed by atoms with Crippen molar-refractivity contribution in [1.82, 2.24) is 10.2 Å². The van der Waals surface area contributed by atoms with E-state index in [0.29, 0.717) is 16.5 Å². The molecule has 1 aromatic carbocycles. The Morgan fingerprint density at radius 1 is 1.44 bits per heavy atom. The van der Waals surface area contributed by atoms with Crippen LogP contribution in [0.15, 0.2) is 33.9 Å². The second-order valence-electron chi connectivity index (χ2n) is 3.14. The van der Waals surface area contributed by atoms with Crippen molar-refractivity contribution >= 4 is 17.4 Å². The first-order chi connectivity index (χ1) is 8.72. The molecule has 1 heterocycles. The highest BCUT2D eigenvalue weighted by Crippen LogP contribution is 2.30. The summed E-state index contributed by atoms with van der Waals surface area (Å²) in [7, 11) is 0. The van der Waals surface area contributed by atoms with Crippen LogP contribution >= 0.6 is 11.8 Å². The van der Waals surface area contributed by atoms with Gasteiger partial charge < -0.3 is 4.42 Å². The minimum absolute atomic E-state index is 0.0744. The molecular formula is C11H7N3O3S. The van der Waals surface area contributed by atoms with Crippen molar-refractivity contribution in [3.8, 4) is 23.8 Å². The number of hydrogen-bond donors (Lipinski definition) is 0. The van der Waals surface area contributed by atoms with Crippen molar-refractivity contribution in [2.75, 3.05) is 5.75 Å². The summed E-state index contributed by atoms with van der Waals surface area (Å²) in [6, 6.07) is 6.18. The molecule has 2 aromatic rings. The largest absolute Gasteiger partial charge is 0.411 e. The molecule has 2 rings (SSSR count). The van der Waals surface area contributed by atoms with Gasteiger partial charge in [0.1, 0.15) is 5.56 Å². The number of thioether (sulfide) groups is 1. The lowest BCUT2D eigenvalue weighted by molar-refractivity contribution is -0.384. The van der Waals surface area contributed by atoms with Crippen LogP contribution in [0.3, 0.4) is 0 Å². The fraction of sp³-hybridized carbons (Fsp3) is 0.0909. The van der Waals surface area contributed by atoms with Crippen LogP contribution in [0, 0.1) is 22.5 Å². The Balaban J connectivity index is 2.34. The minimum Gasteiger partial charge on any atom is -0.411 e. The first-order valence-electron chi connectivity index (χ1n) is 4.86. The van der Waals surface area contributed by atoms with E-state index in [0.717, 1.165) is 0 Å². The van der Waals surface area contributed by atoms with E-state index in [-0.39, 0.29) is 11.6 Å². The van der Waals surface area contributed by atoms with Crippen LogP contribution in [-0.4, -0.2) is 20.9 Å². The summed E-state index contributed by atoms with van der Waals surface area (Å²) in [4.78, 5) is 10.4. The van der Waals surface area contributed by atoms with Crippen LogP contribution in [0.2, 0.25) is 0 Å². The molecule has 1 aromatic heterocycles. The Hall–Kier alpha value is -2.33. The summed E-state index contributed by atoms with van der Waals surface area (Å²) < 4.78 is 5.30. The third-order valence-electron chi connectivity index (χ3n) is 2.02. The van der Waals surface area contributed by atoms with Gasteiger partial charge >= 0.3 is 0 Å². The van der Waals surface area contributed by atoms with E-state index >= 15 is 0 Å². The van der Waals surface area contributed by atoms with Gasteiger partial charge in [0.2, 0.25) is 0 Å². The van der Waals surface area contributed by atoms with Gasteiger partial charge in [-0.1, -0.05) is 29.8 Å². The smallest absolute Gasteiger partial charge is 0.282 e. The van der Waals surface area contributed by atoms with Gasteiger partial charge in [-0.2, -0.15) is 0 Å². The molecule has 0 saturated heterocycles. The maximum absolute atomic E-state index is 10.9. The third-order valence-corrected chi connectivity index (χ3v) is 2.74. The van der Waals surface area contributed by atoms with Crippen molar-refractivity contribution in [2.45, 2.75) is 5.22 Å². The van der Waals surface area contributed by atoms with Gasteiger partial charge in [0.25, 0.3) is 16.8 Å². The number of aromatic nitrogens is 2. The zero-order valence-electron chi connectivity index (χ0n) is 9.07. The molecular weight excluding hydrogens is 254 g/mol. The van der Waals surface area contributed by atoms with Crippen LogP contribution < -0.4 is 0 Å². The molecule has 0 spiro atoms. The number of terminal acetylenes is 1. The Bertz CT molecular complexity index is 618. The molecule has 0 N–H and O–H groups in total. The Morgan fingerprint density at radius 2 is 2.22 bits per heavy atom. The van der Waals surface area contributed by atoms with Gasteiger partial charge in [0, 0.05) is 6.07 Å². The van der Waals surface area contributed by atoms with Crippen molar-refractivity contribution in [3.63, 3.8) is 0 Å². The lowest BCUT2D eigenvalue weighted by atomic mass is 10.2. The van der Waals surface area contributed by atoms with Crippen LogP contribution in [0.25, 0.3) is 11.5 Å². The SMILES string of the molecule is C#CCSc1nnc(-c2ccccc2[N+](=O)[O-])o1. The van der Waals surface area contributed by atoms with Crippen molar-refractivity contribution in [2.24, 2.45) is 0 Å². The zero-order valence-corrected chi connectivity index (χ0v) is 9.88. The summed E-state index contributed by atoms with van der Waals surface area (Å²) in [5.74, 6) is 2.94. The topological polar surface area (TPSA) is 82.1 Å². The number of benzene rings is 1. The van der Waals surface area contributed by atoms with Crippen molar-refractivity contribution < 1.29 is 9.34 Å². The molecule has 0 aliphatic rings. The fourth-order valence-corrected chi connectivity index (χ4v) is 1.74. The number of hydrogen-bond acceptors (Lipinski definition) is 6. The highest BCUT2D eigenvalue weighted by molar-refractivity contribution is 7.99. The Labute approximate surface area is 107 Å². The minimum atomic E-state index is -0.492. The van der Waals surface area contributed by atoms with Gasteiger partial charge in [-0.3, -0.25) is 10.1 Å². The van der Waals surface area contributed by atoms with Crippen molar-refractivity contribution in [3.05, 3.63) is 34.4 Å². The van der Waals surface area contributed by atoms with Crippen LogP contribution in [0.1, 0.15) is 0 Å². The Morgan fingerprint density at radius 3 is 2.94 bits per heavy atom. The van der Waals surface area contributed by atoms with Gasteiger partial charge in [-0.25, -0.2) is 0 Å². The maximum Gasteiger partial charge on any atom is 0.282 e. The summed E-state index contributed by atoms with van der Waals surface area (Å²) >= 11 is 1.20. The first kappa shape index (κ1) is 12.1. The van der Waals surface area contributed by atoms with E-state index in [2.05, 4.69) is 16.1 Å². The summed E-state index contributed by atoms with van der Waals surface area (Å²) in [5, 5.41) is 18.7. The highest BCUT2D eigenvalue weighted by Gasteiger charge is 2.19. The molecule has 0 aliphatic heterocycles. The van der Waals surface area contributed by atoms with E-state index in [9.17, 15) is 10.1 Å². The molecule has 0 saturated carbocycles. The van der Waals surface area contributed by atoms with Crippen molar-refractivity contribution in [1.29, 1.82) is 0 Å². The fourth-order valence-electron chi connectivity index (χ4n) is 1.29. The number of nitro groups is 1. The van der Waals surface area contributed by atoms with Gasteiger partial charge in [-0.15, -0.1) is 16.6 Å².